The van der Waals surface area contributed by atoms with E-state index in [0.29, 0.717) is 11.4 Å². The molecule has 7 heteroatoms. The molecule has 6 nitrogen and oxygen atoms in total. The van der Waals surface area contributed by atoms with Crippen molar-refractivity contribution >= 4 is 35.2 Å². The van der Waals surface area contributed by atoms with Gasteiger partial charge in [-0.25, -0.2) is 9.59 Å². The van der Waals surface area contributed by atoms with Gasteiger partial charge in [0, 0.05) is 31.2 Å². The standard InChI is InChI=1S/C17H17ClN2O4/c1-19(13-6-3-2-4-7-13)17(23)24-15-9-5-8-14(12-15)20(11-10-18)16(21)22/h2-9,12H,10-11H2,1H3,(H,21,22). The van der Waals surface area contributed by atoms with Crippen LogP contribution in [0.2, 0.25) is 0 Å². The quantitative estimate of drug-likeness (QED) is 0.828. The third-order valence-corrected chi connectivity index (χ3v) is 3.46. The summed E-state index contributed by atoms with van der Waals surface area (Å²) in [6.07, 6.45) is -1.70. The van der Waals surface area contributed by atoms with Gasteiger partial charge in [-0.1, -0.05) is 24.3 Å². The Morgan fingerprint density at radius 3 is 2.38 bits per heavy atom. The number of amides is 2. The van der Waals surface area contributed by atoms with Crippen molar-refractivity contribution in [2.24, 2.45) is 0 Å². The molecule has 0 aliphatic carbocycles. The van der Waals surface area contributed by atoms with Crippen LogP contribution in [0.1, 0.15) is 0 Å². The number of rotatable bonds is 5. The van der Waals surface area contributed by atoms with E-state index in [1.807, 2.05) is 18.2 Å². The van der Waals surface area contributed by atoms with Crippen LogP contribution < -0.4 is 14.5 Å². The highest BCUT2D eigenvalue weighted by atomic mass is 35.5. The summed E-state index contributed by atoms with van der Waals surface area (Å²) in [6.45, 7) is 0.137. The predicted octanol–water partition coefficient (Wildman–Crippen LogP) is 4.05. The third-order valence-electron chi connectivity index (χ3n) is 3.29. The summed E-state index contributed by atoms with van der Waals surface area (Å²) in [5.41, 5.74) is 1.07. The molecule has 0 aliphatic heterocycles. The molecule has 0 aromatic heterocycles. The number of halogens is 1. The smallest absolute Gasteiger partial charge is 0.419 e. The normalized spacial score (nSPS) is 10.1. The lowest BCUT2D eigenvalue weighted by Gasteiger charge is -2.20. The second-order valence-electron chi connectivity index (χ2n) is 4.88. The van der Waals surface area contributed by atoms with E-state index in [1.54, 1.807) is 37.4 Å². The Morgan fingerprint density at radius 1 is 1.08 bits per heavy atom. The number of para-hydroxylation sites is 1. The summed E-state index contributed by atoms with van der Waals surface area (Å²) in [4.78, 5) is 25.9. The van der Waals surface area contributed by atoms with Gasteiger partial charge in [0.2, 0.25) is 0 Å². The molecule has 0 saturated heterocycles. The van der Waals surface area contributed by atoms with Crippen LogP contribution >= 0.6 is 11.6 Å². The van der Waals surface area contributed by atoms with E-state index in [2.05, 4.69) is 0 Å². The van der Waals surface area contributed by atoms with E-state index >= 15 is 0 Å². The molecule has 2 aromatic carbocycles. The second kappa shape index (κ2) is 8.21. The van der Waals surface area contributed by atoms with Gasteiger partial charge in [-0.3, -0.25) is 9.80 Å². The summed E-state index contributed by atoms with van der Waals surface area (Å²) in [7, 11) is 1.60. The molecule has 1 N–H and O–H groups in total. The fourth-order valence-corrected chi connectivity index (χ4v) is 2.23. The maximum atomic E-state index is 12.2. The second-order valence-corrected chi connectivity index (χ2v) is 5.26. The zero-order valence-corrected chi connectivity index (χ0v) is 13.8. The van der Waals surface area contributed by atoms with Gasteiger partial charge in [-0.15, -0.1) is 11.6 Å². The zero-order chi connectivity index (χ0) is 17.5. The van der Waals surface area contributed by atoms with Crippen LogP contribution in [0.5, 0.6) is 5.75 Å². The van der Waals surface area contributed by atoms with Gasteiger partial charge in [-0.2, -0.15) is 0 Å². The van der Waals surface area contributed by atoms with Crippen molar-refractivity contribution < 1.29 is 19.4 Å². The minimum absolute atomic E-state index is 0.137. The van der Waals surface area contributed by atoms with Crippen molar-refractivity contribution in [1.82, 2.24) is 0 Å². The highest BCUT2D eigenvalue weighted by molar-refractivity contribution is 6.18. The number of nitrogens with zero attached hydrogens (tertiary/aromatic N) is 2. The first-order valence-electron chi connectivity index (χ1n) is 7.20. The van der Waals surface area contributed by atoms with Crippen LogP contribution in [-0.4, -0.2) is 36.8 Å². The van der Waals surface area contributed by atoms with Gasteiger partial charge in [0.15, 0.2) is 0 Å². The molecule has 0 bridgehead atoms. The number of ether oxygens (including phenoxy) is 1. The number of alkyl halides is 1. The van der Waals surface area contributed by atoms with Gasteiger partial charge in [0.05, 0.1) is 5.69 Å². The molecule has 0 saturated carbocycles. The Bertz CT molecular complexity index is 709. The lowest BCUT2D eigenvalue weighted by Crippen LogP contribution is -2.31. The first-order chi connectivity index (χ1) is 11.5. The van der Waals surface area contributed by atoms with E-state index in [4.69, 9.17) is 16.3 Å². The molecule has 2 aromatic rings. The summed E-state index contributed by atoms with van der Waals surface area (Å²) in [6, 6.07) is 15.3. The minimum Gasteiger partial charge on any atom is -0.465 e. The molecule has 0 atom stereocenters. The molecule has 0 spiro atoms. The molecule has 0 fully saturated rings. The van der Waals surface area contributed by atoms with Crippen molar-refractivity contribution in [2.75, 3.05) is 29.3 Å². The summed E-state index contributed by atoms with van der Waals surface area (Å²) < 4.78 is 5.31. The molecule has 0 unspecified atom stereocenters. The number of hydrogen-bond donors (Lipinski definition) is 1. The number of anilines is 2. The van der Waals surface area contributed by atoms with Gasteiger partial charge in [0.25, 0.3) is 0 Å². The Morgan fingerprint density at radius 2 is 1.75 bits per heavy atom. The van der Waals surface area contributed by atoms with E-state index < -0.39 is 12.2 Å². The van der Waals surface area contributed by atoms with Crippen molar-refractivity contribution in [3.8, 4) is 5.75 Å². The minimum atomic E-state index is -1.12. The first-order valence-corrected chi connectivity index (χ1v) is 7.73. The number of carboxylic acid groups (broad SMARTS) is 1. The first kappa shape index (κ1) is 17.6. The van der Waals surface area contributed by atoms with E-state index in [0.717, 1.165) is 4.90 Å². The Labute approximate surface area is 144 Å². The third kappa shape index (κ3) is 4.39. The van der Waals surface area contributed by atoms with Crippen LogP contribution in [0, 0.1) is 0 Å². The number of carbonyl (C=O) groups is 2. The summed E-state index contributed by atoms with van der Waals surface area (Å²) >= 11 is 5.63. The number of benzene rings is 2. The fraction of sp³-hybridized carbons (Fsp3) is 0.176. The summed E-state index contributed by atoms with van der Waals surface area (Å²) in [5.74, 6) is 0.411. The molecular formula is C17H17ClN2O4. The van der Waals surface area contributed by atoms with Crippen LogP contribution in [0.15, 0.2) is 54.6 Å². The van der Waals surface area contributed by atoms with Gasteiger partial charge in [-0.05, 0) is 24.3 Å². The fourth-order valence-electron chi connectivity index (χ4n) is 2.06. The predicted molar refractivity (Wildman–Crippen MR) is 93.4 cm³/mol. The number of carbonyl (C=O) groups excluding carboxylic acids is 1. The molecular weight excluding hydrogens is 332 g/mol. The monoisotopic (exact) mass is 348 g/mol. The SMILES string of the molecule is CN(C(=O)Oc1cccc(N(CCCl)C(=O)O)c1)c1ccccc1. The summed E-state index contributed by atoms with van der Waals surface area (Å²) in [5, 5.41) is 9.22. The molecule has 2 rings (SSSR count). The van der Waals surface area contributed by atoms with Crippen LogP contribution in [0.3, 0.4) is 0 Å². The topological polar surface area (TPSA) is 70.1 Å². The zero-order valence-electron chi connectivity index (χ0n) is 13.1. The maximum Gasteiger partial charge on any atom is 0.419 e. The Hall–Kier alpha value is -2.73. The lowest BCUT2D eigenvalue weighted by atomic mass is 10.3. The van der Waals surface area contributed by atoms with E-state index in [9.17, 15) is 14.7 Å². The average molecular weight is 349 g/mol. The number of hydrogen-bond acceptors (Lipinski definition) is 3. The highest BCUT2D eigenvalue weighted by Gasteiger charge is 2.16. The molecule has 2 amide bonds. The van der Waals surface area contributed by atoms with Crippen LogP contribution in [0.25, 0.3) is 0 Å². The van der Waals surface area contributed by atoms with Gasteiger partial charge in [0.1, 0.15) is 5.75 Å². The lowest BCUT2D eigenvalue weighted by molar-refractivity contribution is 0.202. The largest absolute Gasteiger partial charge is 0.465 e. The van der Waals surface area contributed by atoms with E-state index in [1.165, 1.54) is 11.0 Å². The van der Waals surface area contributed by atoms with Crippen LogP contribution in [-0.2, 0) is 0 Å². The van der Waals surface area contributed by atoms with Crippen molar-refractivity contribution in [3.05, 3.63) is 54.6 Å². The van der Waals surface area contributed by atoms with Gasteiger partial charge < -0.3 is 9.84 Å². The van der Waals surface area contributed by atoms with Crippen LogP contribution in [0.4, 0.5) is 21.0 Å². The highest BCUT2D eigenvalue weighted by Crippen LogP contribution is 2.23. The van der Waals surface area contributed by atoms with Gasteiger partial charge >= 0.3 is 12.2 Å². The Kier molecular flexibility index (Phi) is 6.03. The molecule has 126 valence electrons. The maximum absolute atomic E-state index is 12.2. The van der Waals surface area contributed by atoms with Crippen molar-refractivity contribution in [3.63, 3.8) is 0 Å². The molecule has 24 heavy (non-hydrogen) atoms. The van der Waals surface area contributed by atoms with Crippen molar-refractivity contribution in [1.29, 1.82) is 0 Å². The Balaban J connectivity index is 2.14. The molecule has 0 heterocycles. The average Bonchev–Trinajstić information content (AvgIpc) is 2.59. The van der Waals surface area contributed by atoms with Crippen molar-refractivity contribution in [2.45, 2.75) is 0 Å². The van der Waals surface area contributed by atoms with E-state index in [-0.39, 0.29) is 18.2 Å². The molecule has 0 aliphatic rings. The molecule has 0 radical (unpaired) electrons.